The molecule has 0 bridgehead atoms. The zero-order valence-corrected chi connectivity index (χ0v) is 18.7. The van der Waals surface area contributed by atoms with E-state index in [0.29, 0.717) is 24.3 Å². The molecule has 1 heterocycles. The molecule has 7 nitrogen and oxygen atoms in total. The molecule has 2 aliphatic carbocycles. The van der Waals surface area contributed by atoms with Crippen LogP contribution in [0.2, 0.25) is 5.02 Å². The molecule has 1 aromatic carbocycles. The fourth-order valence-corrected chi connectivity index (χ4v) is 7.16. The van der Waals surface area contributed by atoms with E-state index >= 15 is 0 Å². The minimum atomic E-state index is -3.83. The van der Waals surface area contributed by atoms with Crippen LogP contribution in [-0.2, 0) is 9.84 Å². The number of benzene rings is 1. The second-order valence-corrected chi connectivity index (χ2v) is 11.1. The first-order valence-electron chi connectivity index (χ1n) is 10.2. The van der Waals surface area contributed by atoms with Crippen LogP contribution in [0.15, 0.2) is 28.1 Å². The van der Waals surface area contributed by atoms with Crippen molar-refractivity contribution >= 4 is 44.8 Å². The Labute approximate surface area is 186 Å². The van der Waals surface area contributed by atoms with Crippen molar-refractivity contribution in [3.05, 3.63) is 28.3 Å². The Bertz CT molecular complexity index is 971. The standard InChI is InChI=1S/C20H25Cl2N3O4S/c21-14-4-3-5-16(14)23-20(27)24-17-7-6-15(22)19(18(17)26)30(28,29)13-10-12(11-13)25-8-1-2-9-25/h4,6-7,12-13,16,26H,1-3,5,8-11H2,(H2,23,24,27)/t12-,13-,16?. The Balaban J connectivity index is 1.48. The number of urea groups is 1. The van der Waals surface area contributed by atoms with Gasteiger partial charge in [-0.25, -0.2) is 13.2 Å². The second kappa shape index (κ2) is 8.57. The molecule has 0 aromatic heterocycles. The quantitative estimate of drug-likeness (QED) is 0.563. The smallest absolute Gasteiger partial charge is 0.319 e. The van der Waals surface area contributed by atoms with Gasteiger partial charge in [0.1, 0.15) is 4.90 Å². The highest BCUT2D eigenvalue weighted by Gasteiger charge is 2.44. The predicted octanol–water partition coefficient (Wildman–Crippen LogP) is 3.85. The van der Waals surface area contributed by atoms with E-state index in [0.717, 1.165) is 32.4 Å². The summed E-state index contributed by atoms with van der Waals surface area (Å²) in [5, 5.41) is 15.8. The Morgan fingerprint density at radius 3 is 2.50 bits per heavy atom. The summed E-state index contributed by atoms with van der Waals surface area (Å²) in [7, 11) is -3.83. The monoisotopic (exact) mass is 473 g/mol. The van der Waals surface area contributed by atoms with E-state index in [1.165, 1.54) is 12.1 Å². The molecule has 1 saturated carbocycles. The zero-order valence-electron chi connectivity index (χ0n) is 16.4. The molecular formula is C20H25Cl2N3O4S. The maximum Gasteiger partial charge on any atom is 0.319 e. The molecule has 1 saturated heterocycles. The van der Waals surface area contributed by atoms with Gasteiger partial charge in [0, 0.05) is 11.1 Å². The van der Waals surface area contributed by atoms with Gasteiger partial charge in [-0.3, -0.25) is 0 Å². The lowest BCUT2D eigenvalue weighted by molar-refractivity contribution is 0.161. The van der Waals surface area contributed by atoms with Crippen molar-refractivity contribution in [1.29, 1.82) is 0 Å². The molecule has 0 spiro atoms. The van der Waals surface area contributed by atoms with Gasteiger partial charge in [-0.2, -0.15) is 0 Å². The number of phenols is 1. The van der Waals surface area contributed by atoms with Gasteiger partial charge in [0.05, 0.1) is 22.0 Å². The van der Waals surface area contributed by atoms with Crippen molar-refractivity contribution in [3.8, 4) is 5.75 Å². The van der Waals surface area contributed by atoms with Crippen LogP contribution in [0.1, 0.15) is 38.5 Å². The third kappa shape index (κ3) is 4.15. The van der Waals surface area contributed by atoms with Crippen molar-refractivity contribution in [3.63, 3.8) is 0 Å². The minimum Gasteiger partial charge on any atom is -0.504 e. The highest BCUT2D eigenvalue weighted by Crippen LogP contribution is 2.43. The van der Waals surface area contributed by atoms with Crippen LogP contribution in [0, 0.1) is 0 Å². The molecule has 2 fully saturated rings. The van der Waals surface area contributed by atoms with Gasteiger partial charge < -0.3 is 20.6 Å². The van der Waals surface area contributed by atoms with Crippen LogP contribution in [0.4, 0.5) is 10.5 Å². The lowest BCUT2D eigenvalue weighted by atomic mass is 9.91. The third-order valence-electron chi connectivity index (χ3n) is 6.21. The van der Waals surface area contributed by atoms with Gasteiger partial charge in [0.2, 0.25) is 0 Å². The largest absolute Gasteiger partial charge is 0.504 e. The predicted molar refractivity (Wildman–Crippen MR) is 117 cm³/mol. The van der Waals surface area contributed by atoms with Crippen molar-refractivity contribution in [2.45, 2.75) is 60.8 Å². The van der Waals surface area contributed by atoms with Gasteiger partial charge in [0.25, 0.3) is 0 Å². The number of carbonyl (C=O) groups excluding carboxylic acids is 1. The Kier molecular flexibility index (Phi) is 6.21. The van der Waals surface area contributed by atoms with Gasteiger partial charge in [-0.05, 0) is 63.7 Å². The molecule has 1 aromatic rings. The van der Waals surface area contributed by atoms with E-state index in [1.807, 2.05) is 6.08 Å². The number of hydrogen-bond acceptors (Lipinski definition) is 5. The number of aromatic hydroxyl groups is 1. The number of amides is 2. The van der Waals surface area contributed by atoms with E-state index in [1.54, 1.807) is 0 Å². The number of rotatable bonds is 5. The van der Waals surface area contributed by atoms with E-state index < -0.39 is 26.9 Å². The van der Waals surface area contributed by atoms with Gasteiger partial charge in [-0.15, -0.1) is 0 Å². The molecule has 30 heavy (non-hydrogen) atoms. The number of nitrogens with zero attached hydrogens (tertiary/aromatic N) is 1. The minimum absolute atomic E-state index is 0.0102. The first-order chi connectivity index (χ1) is 14.3. The fraction of sp³-hybridized carbons (Fsp3) is 0.550. The number of likely N-dealkylation sites (tertiary alicyclic amines) is 1. The van der Waals surface area contributed by atoms with Crippen LogP contribution in [0.3, 0.4) is 0 Å². The molecule has 1 atom stereocenters. The van der Waals surface area contributed by atoms with Crippen molar-refractivity contribution in [2.24, 2.45) is 0 Å². The fourth-order valence-electron chi connectivity index (χ4n) is 4.41. The van der Waals surface area contributed by atoms with Crippen LogP contribution in [0.5, 0.6) is 5.75 Å². The summed E-state index contributed by atoms with van der Waals surface area (Å²) in [6.07, 6.45) is 6.67. The molecule has 164 valence electrons. The van der Waals surface area contributed by atoms with Crippen molar-refractivity contribution < 1.29 is 18.3 Å². The first-order valence-corrected chi connectivity index (χ1v) is 12.5. The first kappa shape index (κ1) is 21.7. The molecule has 4 rings (SSSR count). The van der Waals surface area contributed by atoms with E-state index in [2.05, 4.69) is 15.5 Å². The van der Waals surface area contributed by atoms with E-state index in [9.17, 15) is 18.3 Å². The van der Waals surface area contributed by atoms with E-state index in [4.69, 9.17) is 23.2 Å². The Morgan fingerprint density at radius 2 is 1.87 bits per heavy atom. The molecule has 1 aliphatic heterocycles. The van der Waals surface area contributed by atoms with Crippen LogP contribution < -0.4 is 10.6 Å². The number of halogens is 2. The van der Waals surface area contributed by atoms with Gasteiger partial charge >= 0.3 is 6.03 Å². The highest BCUT2D eigenvalue weighted by molar-refractivity contribution is 7.92. The maximum absolute atomic E-state index is 13.2. The zero-order chi connectivity index (χ0) is 21.5. The summed E-state index contributed by atoms with van der Waals surface area (Å²) in [5.74, 6) is -0.532. The lowest BCUT2D eigenvalue weighted by Gasteiger charge is -2.40. The maximum atomic E-state index is 13.2. The number of hydrogen-bond donors (Lipinski definition) is 3. The average molecular weight is 474 g/mol. The van der Waals surface area contributed by atoms with Crippen molar-refractivity contribution in [2.75, 3.05) is 18.4 Å². The Morgan fingerprint density at radius 1 is 1.17 bits per heavy atom. The van der Waals surface area contributed by atoms with Gasteiger partial charge in [0.15, 0.2) is 15.6 Å². The van der Waals surface area contributed by atoms with Crippen molar-refractivity contribution in [1.82, 2.24) is 10.2 Å². The third-order valence-corrected chi connectivity index (χ3v) is 9.30. The molecule has 10 heteroatoms. The average Bonchev–Trinajstić information content (AvgIpc) is 3.28. The SMILES string of the molecule is O=C(Nc1ccc(Cl)c(S(=O)(=O)[C@H]2C[C@H](N3CCCC3)C2)c1O)NC1CCC=C1Cl. The molecule has 0 radical (unpaired) electrons. The molecule has 3 N–H and O–H groups in total. The van der Waals surface area contributed by atoms with Crippen LogP contribution in [-0.4, -0.2) is 54.9 Å². The summed E-state index contributed by atoms with van der Waals surface area (Å²) in [5.41, 5.74) is -0.0102. The summed E-state index contributed by atoms with van der Waals surface area (Å²) < 4.78 is 26.3. The molecule has 3 aliphatic rings. The Hall–Kier alpha value is -1.48. The number of phenolic OH excluding ortho intramolecular Hbond substituents is 1. The van der Waals surface area contributed by atoms with Crippen LogP contribution in [0.25, 0.3) is 0 Å². The second-order valence-electron chi connectivity index (χ2n) is 8.13. The van der Waals surface area contributed by atoms with Crippen LogP contribution >= 0.6 is 23.2 Å². The molecule has 1 unspecified atom stereocenters. The molecular weight excluding hydrogens is 449 g/mol. The number of allylic oxidation sites excluding steroid dienone is 1. The topological polar surface area (TPSA) is 98.7 Å². The summed E-state index contributed by atoms with van der Waals surface area (Å²) >= 11 is 12.2. The summed E-state index contributed by atoms with van der Waals surface area (Å²) in [6.45, 7) is 2.02. The highest BCUT2D eigenvalue weighted by atomic mass is 35.5. The summed E-state index contributed by atoms with van der Waals surface area (Å²) in [6, 6.07) is 2.16. The number of nitrogens with one attached hydrogen (secondary N) is 2. The van der Waals surface area contributed by atoms with Gasteiger partial charge in [-0.1, -0.05) is 29.3 Å². The van der Waals surface area contributed by atoms with E-state index in [-0.39, 0.29) is 27.7 Å². The number of carbonyl (C=O) groups is 1. The summed E-state index contributed by atoms with van der Waals surface area (Å²) in [4.78, 5) is 14.3. The number of anilines is 1. The lowest BCUT2D eigenvalue weighted by Crippen LogP contribution is -2.48. The number of sulfone groups is 1. The molecule has 2 amide bonds. The normalized spacial score (nSPS) is 26.9.